The van der Waals surface area contributed by atoms with Gasteiger partial charge in [0.25, 0.3) is 9.84 Å². The number of rotatable bonds is 4. The second-order valence-corrected chi connectivity index (χ2v) is 8.94. The van der Waals surface area contributed by atoms with E-state index in [9.17, 15) is 40.3 Å². The molecule has 0 radical (unpaired) electrons. The number of esters is 1. The molecule has 0 aliphatic heterocycles. The molecule has 0 amide bonds. The maximum absolute atomic E-state index is 14.7. The van der Waals surface area contributed by atoms with E-state index in [4.69, 9.17) is 10.00 Å². The number of fused-ring (bicyclic) bond motifs is 1. The van der Waals surface area contributed by atoms with Crippen LogP contribution in [0.15, 0.2) is 35.2 Å². The number of hydrogen-bond donors (Lipinski definition) is 1. The van der Waals surface area contributed by atoms with Gasteiger partial charge in [-0.25, -0.2) is 17.2 Å². The smallest absolute Gasteiger partial charge is 0.454 e. The summed E-state index contributed by atoms with van der Waals surface area (Å²) in [7, 11) is -5.96. The van der Waals surface area contributed by atoms with Crippen LogP contribution in [0.1, 0.15) is 46.9 Å². The lowest BCUT2D eigenvalue weighted by Gasteiger charge is -2.21. The molecular formula is C20H14F5NO5S. The van der Waals surface area contributed by atoms with Gasteiger partial charge in [0.05, 0.1) is 16.5 Å². The third-order valence-electron chi connectivity index (χ3n) is 4.91. The minimum absolute atomic E-state index is 0.159. The Morgan fingerprint density at radius 3 is 2.50 bits per heavy atom. The number of sulfone groups is 1. The average molecular weight is 475 g/mol. The van der Waals surface area contributed by atoms with Crippen molar-refractivity contribution in [3.8, 4) is 6.07 Å². The maximum atomic E-state index is 14.7. The fraction of sp³-hybridized carbons (Fsp3) is 0.300. The molecule has 12 heteroatoms. The van der Waals surface area contributed by atoms with Gasteiger partial charge in [0, 0.05) is 18.9 Å². The predicted molar refractivity (Wildman–Crippen MR) is 98.0 cm³/mol. The van der Waals surface area contributed by atoms with E-state index in [1.165, 1.54) is 0 Å². The third kappa shape index (κ3) is 4.05. The fourth-order valence-corrected chi connectivity index (χ4v) is 4.65. The molecule has 0 saturated carbocycles. The first-order valence-electron chi connectivity index (χ1n) is 8.95. The highest BCUT2D eigenvalue weighted by Gasteiger charge is 2.51. The van der Waals surface area contributed by atoms with E-state index in [-0.39, 0.29) is 22.3 Å². The molecule has 3 rings (SSSR count). The third-order valence-corrected chi connectivity index (χ3v) is 6.46. The van der Waals surface area contributed by atoms with Gasteiger partial charge in [0.2, 0.25) is 0 Å². The van der Waals surface area contributed by atoms with Crippen LogP contribution >= 0.6 is 0 Å². The zero-order chi connectivity index (χ0) is 24.0. The van der Waals surface area contributed by atoms with Crippen LogP contribution in [0.25, 0.3) is 0 Å². The fourth-order valence-electron chi connectivity index (χ4n) is 3.62. The Labute approximate surface area is 178 Å². The van der Waals surface area contributed by atoms with Gasteiger partial charge in [0.1, 0.15) is 18.1 Å². The Balaban J connectivity index is 2.27. The van der Waals surface area contributed by atoms with Gasteiger partial charge in [0.15, 0.2) is 6.10 Å². The molecule has 0 bridgehead atoms. The lowest BCUT2D eigenvalue weighted by Crippen LogP contribution is -2.26. The molecule has 170 valence electrons. The number of hydrogen-bond acceptors (Lipinski definition) is 6. The SMILES string of the molecule is CC(=O)O[C@H]1c2c(S(=O)(=O)C(F)(F)F)ccc([C@H](O)c3cc(F)cc(C#N)c3)c2C[C@H]1F. The number of alkyl halides is 4. The van der Waals surface area contributed by atoms with Crippen LogP contribution < -0.4 is 0 Å². The lowest BCUT2D eigenvalue weighted by atomic mass is 9.93. The minimum atomic E-state index is -5.96. The van der Waals surface area contributed by atoms with Gasteiger partial charge in [-0.2, -0.15) is 18.4 Å². The first-order chi connectivity index (χ1) is 14.8. The van der Waals surface area contributed by atoms with Gasteiger partial charge < -0.3 is 9.84 Å². The lowest BCUT2D eigenvalue weighted by molar-refractivity contribution is -0.149. The Morgan fingerprint density at radius 2 is 1.94 bits per heavy atom. The molecule has 1 aliphatic carbocycles. The van der Waals surface area contributed by atoms with Crippen molar-refractivity contribution in [2.45, 2.75) is 42.1 Å². The molecule has 0 unspecified atom stereocenters. The largest absolute Gasteiger partial charge is 0.501 e. The Kier molecular flexibility index (Phi) is 6.01. The van der Waals surface area contributed by atoms with E-state index in [1.807, 2.05) is 0 Å². The molecule has 1 N–H and O–H groups in total. The van der Waals surface area contributed by atoms with Crippen molar-refractivity contribution in [2.24, 2.45) is 0 Å². The number of benzene rings is 2. The molecule has 0 saturated heterocycles. The Morgan fingerprint density at radius 1 is 1.28 bits per heavy atom. The second kappa shape index (κ2) is 8.14. The van der Waals surface area contributed by atoms with E-state index in [2.05, 4.69) is 0 Å². The summed E-state index contributed by atoms with van der Waals surface area (Å²) in [4.78, 5) is 10.1. The summed E-state index contributed by atoms with van der Waals surface area (Å²) >= 11 is 0. The summed E-state index contributed by atoms with van der Waals surface area (Å²) < 4.78 is 97.1. The quantitative estimate of drug-likeness (QED) is 0.536. The van der Waals surface area contributed by atoms with Crippen LogP contribution in [-0.4, -0.2) is 31.2 Å². The highest BCUT2D eigenvalue weighted by molar-refractivity contribution is 7.92. The molecule has 32 heavy (non-hydrogen) atoms. The summed E-state index contributed by atoms with van der Waals surface area (Å²) in [6.07, 6.45) is -6.45. The molecule has 3 atom stereocenters. The van der Waals surface area contributed by atoms with Gasteiger partial charge in [-0.15, -0.1) is 0 Å². The van der Waals surface area contributed by atoms with Crippen LogP contribution in [0.4, 0.5) is 22.0 Å². The summed E-state index contributed by atoms with van der Waals surface area (Å²) in [6, 6.07) is 5.92. The number of nitrogens with zero attached hydrogens (tertiary/aromatic N) is 1. The van der Waals surface area contributed by atoms with Gasteiger partial charge in [-0.05, 0) is 41.0 Å². The zero-order valence-electron chi connectivity index (χ0n) is 16.2. The topological polar surface area (TPSA) is 104 Å². The highest BCUT2D eigenvalue weighted by atomic mass is 32.2. The number of aliphatic hydroxyl groups is 1. The summed E-state index contributed by atoms with van der Waals surface area (Å²) in [5.74, 6) is -1.94. The number of nitriles is 1. The van der Waals surface area contributed by atoms with E-state index >= 15 is 0 Å². The maximum Gasteiger partial charge on any atom is 0.501 e. The van der Waals surface area contributed by atoms with Crippen molar-refractivity contribution in [1.82, 2.24) is 0 Å². The van der Waals surface area contributed by atoms with Crippen molar-refractivity contribution in [1.29, 1.82) is 5.26 Å². The molecule has 0 spiro atoms. The molecule has 2 aromatic carbocycles. The molecule has 0 aromatic heterocycles. The summed E-state index contributed by atoms with van der Waals surface area (Å²) in [6.45, 7) is 0.873. The number of carbonyl (C=O) groups excluding carboxylic acids is 1. The number of halogens is 5. The van der Waals surface area contributed by atoms with Gasteiger partial charge in [-0.1, -0.05) is 6.07 Å². The van der Waals surface area contributed by atoms with Crippen LogP contribution in [0.5, 0.6) is 0 Å². The molecule has 0 fully saturated rings. The van der Waals surface area contributed by atoms with Crippen molar-refractivity contribution < 1.29 is 45.0 Å². The Hall–Kier alpha value is -3.04. The van der Waals surface area contributed by atoms with Crippen LogP contribution in [0.2, 0.25) is 0 Å². The predicted octanol–water partition coefficient (Wildman–Crippen LogP) is 3.57. The minimum Gasteiger partial charge on any atom is -0.454 e. The van der Waals surface area contributed by atoms with Crippen LogP contribution in [0, 0.1) is 17.1 Å². The first-order valence-corrected chi connectivity index (χ1v) is 10.4. The van der Waals surface area contributed by atoms with Crippen molar-refractivity contribution in [2.75, 3.05) is 0 Å². The highest BCUT2D eigenvalue weighted by Crippen LogP contribution is 2.46. The van der Waals surface area contributed by atoms with Crippen molar-refractivity contribution in [3.63, 3.8) is 0 Å². The standard InChI is InChI=1S/C20H14F5NO5S/c1-9(27)31-19-15(22)7-14-13(18(28)11-4-10(8-26)5-12(21)6-11)2-3-16(17(14)19)32(29,30)20(23,24)25/h2-6,15,18-19,28H,7H2,1H3/t15-,18-,19-/m1/s1. The average Bonchev–Trinajstić information content (AvgIpc) is 3.00. The van der Waals surface area contributed by atoms with Gasteiger partial charge in [-0.3, -0.25) is 4.79 Å². The normalized spacial score (nSPS) is 19.2. The van der Waals surface area contributed by atoms with Crippen LogP contribution in [0.3, 0.4) is 0 Å². The molecule has 0 heterocycles. The van der Waals surface area contributed by atoms with Gasteiger partial charge >= 0.3 is 11.5 Å². The van der Waals surface area contributed by atoms with E-state index in [0.29, 0.717) is 6.07 Å². The number of carbonyl (C=O) groups is 1. The molecule has 1 aliphatic rings. The van der Waals surface area contributed by atoms with Crippen molar-refractivity contribution in [3.05, 3.63) is 64.0 Å². The summed E-state index contributed by atoms with van der Waals surface area (Å²) in [5, 5.41) is 19.7. The second-order valence-electron chi connectivity index (χ2n) is 7.03. The molecular weight excluding hydrogens is 461 g/mol. The zero-order valence-corrected chi connectivity index (χ0v) is 17.0. The first kappa shape index (κ1) is 23.6. The summed E-state index contributed by atoms with van der Waals surface area (Å²) in [5.41, 5.74) is -7.31. The van der Waals surface area contributed by atoms with E-state index in [1.54, 1.807) is 6.07 Å². The van der Waals surface area contributed by atoms with E-state index < -0.39 is 62.4 Å². The van der Waals surface area contributed by atoms with Crippen molar-refractivity contribution >= 4 is 15.8 Å². The number of aliphatic hydroxyl groups excluding tert-OH is 1. The van der Waals surface area contributed by atoms with Crippen LogP contribution in [-0.2, 0) is 25.8 Å². The monoisotopic (exact) mass is 475 g/mol. The molecule has 2 aromatic rings. The number of ether oxygens (including phenoxy) is 1. The molecule has 6 nitrogen and oxygen atoms in total. The Bertz CT molecular complexity index is 1240. The van der Waals surface area contributed by atoms with E-state index in [0.717, 1.165) is 31.2 Å².